The molecule has 188 valence electrons. The van der Waals surface area contributed by atoms with E-state index in [9.17, 15) is 33.9 Å². The fourth-order valence-corrected chi connectivity index (χ4v) is 2.75. The molecule has 0 saturated carbocycles. The third-order valence-corrected chi connectivity index (χ3v) is 4.69. The minimum absolute atomic E-state index is 0.161. The number of amides is 5. The molecule has 34 heavy (non-hydrogen) atoms. The number of nitrogens with zero attached hydrogens (tertiary/aromatic N) is 1. The van der Waals surface area contributed by atoms with Crippen molar-refractivity contribution < 1.29 is 33.9 Å². The van der Waals surface area contributed by atoms with Crippen LogP contribution in [0.15, 0.2) is 12.5 Å². The van der Waals surface area contributed by atoms with E-state index in [1.165, 1.54) is 12.5 Å². The number of rotatable bonds is 14. The number of hydrogen-bond acceptors (Lipinski definition) is 8. The van der Waals surface area contributed by atoms with Gasteiger partial charge in [0.05, 0.1) is 25.2 Å². The van der Waals surface area contributed by atoms with Crippen molar-refractivity contribution in [3.63, 3.8) is 0 Å². The van der Waals surface area contributed by atoms with Gasteiger partial charge in [-0.1, -0.05) is 13.8 Å². The lowest BCUT2D eigenvalue weighted by Crippen LogP contribution is -2.58. The van der Waals surface area contributed by atoms with Gasteiger partial charge in [0.1, 0.15) is 18.1 Å². The van der Waals surface area contributed by atoms with Crippen molar-refractivity contribution in [1.29, 1.82) is 0 Å². The summed E-state index contributed by atoms with van der Waals surface area (Å²) in [5.41, 5.74) is 16.5. The van der Waals surface area contributed by atoms with Crippen LogP contribution in [0, 0.1) is 5.92 Å². The number of carboxylic acid groups (broad SMARTS) is 1. The molecule has 1 aromatic rings. The molecule has 15 nitrogen and oxygen atoms in total. The van der Waals surface area contributed by atoms with Crippen molar-refractivity contribution in [3.05, 3.63) is 18.2 Å². The number of carbonyl (C=O) groups is 6. The molecule has 0 bridgehead atoms. The zero-order valence-corrected chi connectivity index (χ0v) is 18.7. The molecule has 0 aliphatic rings. The lowest BCUT2D eigenvalue weighted by molar-refractivity contribution is -0.142. The molecule has 4 atom stereocenters. The Kier molecular flexibility index (Phi) is 10.6. The molecule has 0 spiro atoms. The Labute approximate surface area is 194 Å². The first-order valence-electron chi connectivity index (χ1n) is 10.2. The number of carboxylic acids is 1. The van der Waals surface area contributed by atoms with E-state index in [1.54, 1.807) is 13.8 Å². The van der Waals surface area contributed by atoms with Crippen molar-refractivity contribution >= 4 is 35.5 Å². The summed E-state index contributed by atoms with van der Waals surface area (Å²) in [6.07, 6.45) is 1.22. The number of hydrogen-bond donors (Lipinski definition) is 8. The highest BCUT2D eigenvalue weighted by molar-refractivity contribution is 5.97. The highest BCUT2D eigenvalue weighted by Crippen LogP contribution is 2.04. The van der Waals surface area contributed by atoms with E-state index in [1.807, 2.05) is 0 Å². The normalized spacial score (nSPS) is 14.4. The van der Waals surface area contributed by atoms with Gasteiger partial charge in [0.25, 0.3) is 0 Å². The van der Waals surface area contributed by atoms with Gasteiger partial charge in [-0.2, -0.15) is 0 Å². The van der Waals surface area contributed by atoms with Gasteiger partial charge in [0.15, 0.2) is 0 Å². The van der Waals surface area contributed by atoms with Crippen LogP contribution in [-0.4, -0.2) is 74.7 Å². The van der Waals surface area contributed by atoms with Crippen LogP contribution in [0.25, 0.3) is 0 Å². The Hall–Kier alpha value is -4.01. The summed E-state index contributed by atoms with van der Waals surface area (Å²) in [6.45, 7) is 3.34. The van der Waals surface area contributed by atoms with E-state index < -0.39 is 72.5 Å². The molecule has 4 unspecified atom stereocenters. The fourth-order valence-electron chi connectivity index (χ4n) is 2.75. The number of aliphatic carboxylic acids is 1. The van der Waals surface area contributed by atoms with Gasteiger partial charge >= 0.3 is 5.97 Å². The first-order valence-corrected chi connectivity index (χ1v) is 10.2. The highest BCUT2D eigenvalue weighted by atomic mass is 16.4. The second-order valence-corrected chi connectivity index (χ2v) is 7.91. The quantitative estimate of drug-likeness (QED) is 0.129. The third-order valence-electron chi connectivity index (χ3n) is 4.69. The number of nitrogens with one attached hydrogen (secondary N) is 4. The van der Waals surface area contributed by atoms with E-state index in [2.05, 4.69) is 25.9 Å². The molecule has 1 aromatic heterocycles. The topological polar surface area (TPSA) is 265 Å². The maximum atomic E-state index is 12.7. The Balaban J connectivity index is 3.01. The third kappa shape index (κ3) is 9.23. The number of carbonyl (C=O) groups excluding carboxylic acids is 5. The first kappa shape index (κ1) is 28.0. The van der Waals surface area contributed by atoms with Gasteiger partial charge in [0, 0.05) is 18.3 Å². The molecule has 1 heterocycles. The van der Waals surface area contributed by atoms with E-state index >= 15 is 0 Å². The second-order valence-electron chi connectivity index (χ2n) is 7.91. The van der Waals surface area contributed by atoms with Crippen LogP contribution in [-0.2, 0) is 35.2 Å². The average molecular weight is 482 g/mol. The maximum Gasteiger partial charge on any atom is 0.326 e. The number of H-pyrrole nitrogens is 1. The molecular weight excluding hydrogens is 452 g/mol. The van der Waals surface area contributed by atoms with Gasteiger partial charge in [0.2, 0.25) is 29.5 Å². The van der Waals surface area contributed by atoms with Crippen molar-refractivity contribution in [2.45, 2.75) is 57.3 Å². The summed E-state index contributed by atoms with van der Waals surface area (Å²) in [5, 5.41) is 16.1. The van der Waals surface area contributed by atoms with Gasteiger partial charge < -0.3 is 43.2 Å². The van der Waals surface area contributed by atoms with Crippen molar-refractivity contribution in [3.8, 4) is 0 Å². The SMILES string of the molecule is CC(C)C(N)C(=O)NC(CC(N)=O)C(=O)NC(CC(N)=O)C(=O)NC(Cc1cnc[nH]1)C(=O)O. The van der Waals surface area contributed by atoms with Crippen molar-refractivity contribution in [1.82, 2.24) is 25.9 Å². The zero-order chi connectivity index (χ0) is 26.0. The Morgan fingerprint density at radius 3 is 1.76 bits per heavy atom. The molecule has 0 aliphatic heterocycles. The maximum absolute atomic E-state index is 12.7. The summed E-state index contributed by atoms with van der Waals surface area (Å²) < 4.78 is 0. The predicted molar refractivity (Wildman–Crippen MR) is 116 cm³/mol. The van der Waals surface area contributed by atoms with Crippen LogP contribution in [0.2, 0.25) is 0 Å². The van der Waals surface area contributed by atoms with Crippen LogP contribution >= 0.6 is 0 Å². The molecule has 1 rings (SSSR count). The van der Waals surface area contributed by atoms with Crippen LogP contribution in [0.3, 0.4) is 0 Å². The standard InChI is InChI=1S/C19H30N8O7/c1-8(2)15(22)18(32)26-11(5-14(21)29)16(30)25-10(4-13(20)28)17(31)27-12(19(33)34)3-9-6-23-7-24-9/h6-8,10-12,15H,3-5,22H2,1-2H3,(H2,20,28)(H2,21,29)(H,23,24)(H,25,30)(H,26,32)(H,27,31)(H,33,34). The molecule has 0 aliphatic carbocycles. The Morgan fingerprint density at radius 2 is 1.38 bits per heavy atom. The van der Waals surface area contributed by atoms with E-state index in [4.69, 9.17) is 17.2 Å². The Bertz CT molecular complexity index is 902. The fraction of sp³-hybridized carbons (Fsp3) is 0.526. The highest BCUT2D eigenvalue weighted by Gasteiger charge is 2.32. The van der Waals surface area contributed by atoms with Crippen LogP contribution in [0.4, 0.5) is 0 Å². The molecule has 15 heteroatoms. The van der Waals surface area contributed by atoms with Gasteiger partial charge in [-0.3, -0.25) is 24.0 Å². The van der Waals surface area contributed by atoms with Gasteiger partial charge in [-0.15, -0.1) is 0 Å². The summed E-state index contributed by atoms with van der Waals surface area (Å²) in [4.78, 5) is 78.6. The summed E-state index contributed by atoms with van der Waals surface area (Å²) >= 11 is 0. The van der Waals surface area contributed by atoms with E-state index in [0.29, 0.717) is 5.69 Å². The zero-order valence-electron chi connectivity index (χ0n) is 18.7. The molecule has 11 N–H and O–H groups in total. The molecule has 0 saturated heterocycles. The second kappa shape index (κ2) is 12.9. The number of imidazole rings is 1. The largest absolute Gasteiger partial charge is 0.480 e. The lowest BCUT2D eigenvalue weighted by atomic mass is 10.0. The molecular formula is C19H30N8O7. The smallest absolute Gasteiger partial charge is 0.326 e. The van der Waals surface area contributed by atoms with Crippen molar-refractivity contribution in [2.24, 2.45) is 23.1 Å². The van der Waals surface area contributed by atoms with E-state index in [0.717, 1.165) is 0 Å². The minimum atomic E-state index is -1.60. The molecule has 0 radical (unpaired) electrons. The monoisotopic (exact) mass is 482 g/mol. The molecule has 0 aromatic carbocycles. The summed E-state index contributed by atoms with van der Waals surface area (Å²) in [7, 11) is 0. The number of aromatic nitrogens is 2. The van der Waals surface area contributed by atoms with Gasteiger partial charge in [-0.05, 0) is 5.92 Å². The number of aromatic amines is 1. The minimum Gasteiger partial charge on any atom is -0.480 e. The van der Waals surface area contributed by atoms with Crippen LogP contribution in [0.1, 0.15) is 32.4 Å². The molecule has 5 amide bonds. The lowest BCUT2D eigenvalue weighted by Gasteiger charge is -2.24. The van der Waals surface area contributed by atoms with E-state index in [-0.39, 0.29) is 12.3 Å². The van der Waals surface area contributed by atoms with Crippen molar-refractivity contribution in [2.75, 3.05) is 0 Å². The van der Waals surface area contributed by atoms with Gasteiger partial charge in [-0.25, -0.2) is 9.78 Å². The number of nitrogens with two attached hydrogens (primary N) is 3. The summed E-state index contributed by atoms with van der Waals surface area (Å²) in [5.74, 6) is -6.36. The average Bonchev–Trinajstić information content (AvgIpc) is 3.23. The Morgan fingerprint density at radius 1 is 0.912 bits per heavy atom. The molecule has 0 fully saturated rings. The first-order chi connectivity index (χ1) is 15.8. The summed E-state index contributed by atoms with van der Waals surface area (Å²) in [6, 6.07) is -5.52. The number of primary amides is 2. The van der Waals surface area contributed by atoms with Crippen LogP contribution < -0.4 is 33.2 Å². The van der Waals surface area contributed by atoms with Crippen LogP contribution in [0.5, 0.6) is 0 Å². The predicted octanol–water partition coefficient (Wildman–Crippen LogP) is -3.77.